The quantitative estimate of drug-likeness (QED) is 0.272. The van der Waals surface area contributed by atoms with Crippen LogP contribution in [-0.2, 0) is 0 Å². The predicted octanol–water partition coefficient (Wildman–Crippen LogP) is 5.74. The van der Waals surface area contributed by atoms with Gasteiger partial charge in [-0.25, -0.2) is 4.98 Å². The number of rotatable bonds is 7. The van der Waals surface area contributed by atoms with E-state index in [1.807, 2.05) is 26.0 Å². The summed E-state index contributed by atoms with van der Waals surface area (Å²) in [4.78, 5) is 17.3. The van der Waals surface area contributed by atoms with Gasteiger partial charge in [-0.2, -0.15) is 0 Å². The van der Waals surface area contributed by atoms with Crippen LogP contribution in [0.1, 0.15) is 27.9 Å². The fourth-order valence-electron chi connectivity index (χ4n) is 3.04. The first-order valence-electron chi connectivity index (χ1n) is 9.65. The van der Waals surface area contributed by atoms with Crippen molar-refractivity contribution in [3.63, 3.8) is 0 Å². The number of fused-ring (bicyclic) bond motifs is 1. The van der Waals surface area contributed by atoms with E-state index in [2.05, 4.69) is 46.4 Å². The number of benzene rings is 2. The summed E-state index contributed by atoms with van der Waals surface area (Å²) in [5.41, 5.74) is 4.51. The van der Waals surface area contributed by atoms with Crippen molar-refractivity contribution in [1.29, 1.82) is 0 Å². The lowest BCUT2D eigenvalue weighted by atomic mass is 10.1. The van der Waals surface area contributed by atoms with Crippen LogP contribution >= 0.6 is 23.1 Å². The van der Waals surface area contributed by atoms with Gasteiger partial charge in [0, 0.05) is 11.1 Å². The molecular weight excluding hydrogens is 414 g/mol. The van der Waals surface area contributed by atoms with E-state index < -0.39 is 0 Å². The van der Waals surface area contributed by atoms with Gasteiger partial charge in [-0.1, -0.05) is 41.6 Å². The maximum absolute atomic E-state index is 12.6. The molecular formula is C23H21N3O2S2. The van der Waals surface area contributed by atoms with Gasteiger partial charge in [0.05, 0.1) is 22.1 Å². The number of thiazole rings is 1. The van der Waals surface area contributed by atoms with Crippen LogP contribution in [0.5, 0.6) is 5.75 Å². The van der Waals surface area contributed by atoms with Crippen molar-refractivity contribution in [3.8, 4) is 17.0 Å². The molecule has 2 heterocycles. The molecule has 0 N–H and O–H groups in total. The van der Waals surface area contributed by atoms with Crippen LogP contribution in [-0.4, -0.2) is 33.3 Å². The highest BCUT2D eigenvalue weighted by Gasteiger charge is 2.17. The second kappa shape index (κ2) is 8.93. The molecule has 0 aliphatic rings. The highest BCUT2D eigenvalue weighted by atomic mass is 32.2. The molecule has 4 aromatic rings. The Morgan fingerprint density at radius 3 is 2.47 bits per heavy atom. The summed E-state index contributed by atoms with van der Waals surface area (Å²) in [6.07, 6.45) is 0. The van der Waals surface area contributed by atoms with Crippen LogP contribution in [0.15, 0.2) is 53.6 Å². The first kappa shape index (κ1) is 20.5. The van der Waals surface area contributed by atoms with Gasteiger partial charge < -0.3 is 4.74 Å². The molecule has 0 amide bonds. The van der Waals surface area contributed by atoms with E-state index in [-0.39, 0.29) is 11.5 Å². The second-order valence-electron chi connectivity index (χ2n) is 6.80. The van der Waals surface area contributed by atoms with Gasteiger partial charge in [-0.3, -0.25) is 4.79 Å². The highest BCUT2D eigenvalue weighted by Crippen LogP contribution is 2.35. The minimum Gasteiger partial charge on any atom is -0.494 e. The fourth-order valence-corrected chi connectivity index (χ4v) is 4.85. The highest BCUT2D eigenvalue weighted by molar-refractivity contribution is 8.00. The molecule has 0 fully saturated rings. The van der Waals surface area contributed by atoms with Crippen molar-refractivity contribution in [1.82, 2.24) is 15.2 Å². The van der Waals surface area contributed by atoms with Crippen LogP contribution in [0.25, 0.3) is 21.5 Å². The van der Waals surface area contributed by atoms with Crippen molar-refractivity contribution in [2.45, 2.75) is 25.8 Å². The summed E-state index contributed by atoms with van der Waals surface area (Å²) in [5, 5.41) is 10.5. The lowest BCUT2D eigenvalue weighted by Gasteiger charge is -2.06. The van der Waals surface area contributed by atoms with E-state index in [1.165, 1.54) is 17.3 Å². The third-order valence-electron chi connectivity index (χ3n) is 4.54. The van der Waals surface area contributed by atoms with Gasteiger partial charge in [-0.15, -0.1) is 21.5 Å². The van der Waals surface area contributed by atoms with E-state index in [1.54, 1.807) is 23.5 Å². The van der Waals surface area contributed by atoms with E-state index in [0.29, 0.717) is 17.2 Å². The average molecular weight is 436 g/mol. The fraction of sp³-hybridized carbons (Fsp3) is 0.217. The maximum Gasteiger partial charge on any atom is 0.173 e. The summed E-state index contributed by atoms with van der Waals surface area (Å²) < 4.78 is 6.43. The smallest absolute Gasteiger partial charge is 0.173 e. The van der Waals surface area contributed by atoms with Crippen LogP contribution in [0, 0.1) is 13.8 Å². The lowest BCUT2D eigenvalue weighted by molar-refractivity contribution is 0.102. The van der Waals surface area contributed by atoms with Gasteiger partial charge in [-0.05, 0) is 45.0 Å². The summed E-state index contributed by atoms with van der Waals surface area (Å²) in [7, 11) is 0. The zero-order chi connectivity index (χ0) is 21.1. The molecule has 0 aliphatic carbocycles. The van der Waals surface area contributed by atoms with E-state index >= 15 is 0 Å². The number of carbonyl (C=O) groups is 1. The Balaban J connectivity index is 1.57. The second-order valence-corrected chi connectivity index (χ2v) is 8.97. The first-order chi connectivity index (χ1) is 14.5. The van der Waals surface area contributed by atoms with Gasteiger partial charge >= 0.3 is 0 Å². The Kier molecular flexibility index (Phi) is 6.11. The number of hydrogen-bond acceptors (Lipinski definition) is 7. The summed E-state index contributed by atoms with van der Waals surface area (Å²) >= 11 is 2.98. The van der Waals surface area contributed by atoms with Crippen LogP contribution < -0.4 is 4.74 Å². The standard InChI is InChI=1S/C23H21N3O2S2/c1-4-28-18-11-9-16(10-12-18)19(27)13-29-23-21-22(30-15(3)24-21)20(25-26-23)17-7-5-14(2)6-8-17/h5-12H,4,13H2,1-3H3. The number of nitrogens with zero attached hydrogens (tertiary/aromatic N) is 3. The molecule has 0 saturated carbocycles. The molecule has 0 unspecified atom stereocenters. The average Bonchev–Trinajstić information content (AvgIpc) is 3.15. The minimum absolute atomic E-state index is 0.0348. The molecule has 2 aromatic heterocycles. The Labute approximate surface area is 183 Å². The molecule has 0 atom stereocenters. The summed E-state index contributed by atoms with van der Waals surface area (Å²) in [6, 6.07) is 15.5. The molecule has 4 rings (SSSR count). The molecule has 0 bridgehead atoms. The van der Waals surface area contributed by atoms with Gasteiger partial charge in [0.1, 0.15) is 22.0 Å². The molecule has 0 saturated heterocycles. The van der Waals surface area contributed by atoms with Gasteiger partial charge in [0.25, 0.3) is 0 Å². The Bertz CT molecular complexity index is 1190. The minimum atomic E-state index is 0.0348. The number of aromatic nitrogens is 3. The van der Waals surface area contributed by atoms with Crippen LogP contribution in [0.4, 0.5) is 0 Å². The van der Waals surface area contributed by atoms with Crippen molar-refractivity contribution in [3.05, 3.63) is 64.7 Å². The number of hydrogen-bond donors (Lipinski definition) is 0. The van der Waals surface area contributed by atoms with Crippen molar-refractivity contribution in [2.24, 2.45) is 0 Å². The Hall–Kier alpha value is -2.77. The van der Waals surface area contributed by atoms with Crippen LogP contribution in [0.2, 0.25) is 0 Å². The van der Waals surface area contributed by atoms with E-state index in [4.69, 9.17) is 4.74 Å². The number of ether oxygens (including phenoxy) is 1. The molecule has 2 aromatic carbocycles. The van der Waals surface area contributed by atoms with Gasteiger partial charge in [0.15, 0.2) is 5.78 Å². The Morgan fingerprint density at radius 2 is 1.77 bits per heavy atom. The monoisotopic (exact) mass is 435 g/mol. The Morgan fingerprint density at radius 1 is 1.03 bits per heavy atom. The van der Waals surface area contributed by atoms with Crippen molar-refractivity contribution >= 4 is 39.1 Å². The molecule has 0 radical (unpaired) electrons. The number of thioether (sulfide) groups is 1. The third-order valence-corrected chi connectivity index (χ3v) is 6.48. The zero-order valence-corrected chi connectivity index (χ0v) is 18.6. The first-order valence-corrected chi connectivity index (χ1v) is 11.4. The third kappa shape index (κ3) is 4.37. The number of aryl methyl sites for hydroxylation is 2. The topological polar surface area (TPSA) is 65.0 Å². The number of Topliss-reactive ketones (excluding diaryl/α,β-unsaturated/α-hetero) is 1. The van der Waals surface area contributed by atoms with E-state index in [0.717, 1.165) is 32.2 Å². The van der Waals surface area contributed by atoms with Gasteiger partial charge in [0.2, 0.25) is 0 Å². The molecule has 30 heavy (non-hydrogen) atoms. The molecule has 0 spiro atoms. The zero-order valence-electron chi connectivity index (χ0n) is 17.0. The SMILES string of the molecule is CCOc1ccc(C(=O)CSc2nnc(-c3ccc(C)cc3)c3sc(C)nc23)cc1. The number of ketones is 1. The largest absolute Gasteiger partial charge is 0.494 e. The number of carbonyl (C=O) groups excluding carboxylic acids is 1. The molecule has 0 aliphatic heterocycles. The lowest BCUT2D eigenvalue weighted by Crippen LogP contribution is -2.03. The van der Waals surface area contributed by atoms with Crippen molar-refractivity contribution in [2.75, 3.05) is 12.4 Å². The van der Waals surface area contributed by atoms with Crippen molar-refractivity contribution < 1.29 is 9.53 Å². The normalized spacial score (nSPS) is 11.0. The maximum atomic E-state index is 12.6. The predicted molar refractivity (Wildman–Crippen MR) is 123 cm³/mol. The summed E-state index contributed by atoms with van der Waals surface area (Å²) in [5.74, 6) is 1.07. The van der Waals surface area contributed by atoms with Crippen LogP contribution in [0.3, 0.4) is 0 Å². The molecule has 5 nitrogen and oxygen atoms in total. The summed E-state index contributed by atoms with van der Waals surface area (Å²) in [6.45, 7) is 6.57. The molecule has 7 heteroatoms. The van der Waals surface area contributed by atoms with E-state index in [9.17, 15) is 4.79 Å². The molecule has 152 valence electrons.